The zero-order valence-corrected chi connectivity index (χ0v) is 13.1. The van der Waals surface area contributed by atoms with E-state index >= 15 is 0 Å². The van der Waals surface area contributed by atoms with E-state index in [1.165, 1.54) is 0 Å². The predicted octanol–water partition coefficient (Wildman–Crippen LogP) is 3.28. The third-order valence-electron chi connectivity index (χ3n) is 3.03. The van der Waals surface area contributed by atoms with Gasteiger partial charge in [0.15, 0.2) is 0 Å². The van der Waals surface area contributed by atoms with Gasteiger partial charge in [-0.2, -0.15) is 5.26 Å². The lowest BCUT2D eigenvalue weighted by Crippen LogP contribution is -2.42. The summed E-state index contributed by atoms with van der Waals surface area (Å²) in [6.07, 6.45) is 1.80. The summed E-state index contributed by atoms with van der Waals surface area (Å²) < 4.78 is 5.37. The van der Waals surface area contributed by atoms with Crippen LogP contribution in [0.2, 0.25) is 0 Å². The minimum Gasteiger partial charge on any atom is -0.444 e. The van der Waals surface area contributed by atoms with E-state index in [1.54, 1.807) is 16.7 Å². The molecule has 0 radical (unpaired) electrons. The van der Waals surface area contributed by atoms with Crippen molar-refractivity contribution in [3.05, 3.63) is 0 Å². The Balaban J connectivity index is 2.29. The van der Waals surface area contributed by atoms with Crippen LogP contribution in [0.15, 0.2) is 0 Å². The van der Waals surface area contributed by atoms with Crippen LogP contribution in [-0.4, -0.2) is 40.7 Å². The average molecular weight is 284 g/mol. The lowest BCUT2D eigenvalue weighted by Gasteiger charge is -2.33. The van der Waals surface area contributed by atoms with Crippen molar-refractivity contribution in [3.8, 4) is 6.07 Å². The van der Waals surface area contributed by atoms with Crippen molar-refractivity contribution in [3.63, 3.8) is 0 Å². The first-order valence-electron chi connectivity index (χ1n) is 6.81. The molecular weight excluding hydrogens is 260 g/mol. The topological polar surface area (TPSA) is 53.3 Å². The van der Waals surface area contributed by atoms with Crippen LogP contribution in [0, 0.1) is 17.2 Å². The molecule has 1 aliphatic rings. The van der Waals surface area contributed by atoms with Crippen molar-refractivity contribution in [2.45, 2.75) is 51.4 Å². The van der Waals surface area contributed by atoms with Crippen LogP contribution < -0.4 is 0 Å². The fraction of sp³-hybridized carbons (Fsp3) is 0.857. The highest BCUT2D eigenvalue weighted by Gasteiger charge is 2.26. The van der Waals surface area contributed by atoms with E-state index in [2.05, 4.69) is 6.07 Å². The Morgan fingerprint density at radius 3 is 2.53 bits per heavy atom. The van der Waals surface area contributed by atoms with Crippen LogP contribution in [0.25, 0.3) is 0 Å². The number of carbonyl (C=O) groups excluding carboxylic acids is 1. The maximum atomic E-state index is 11.9. The molecule has 19 heavy (non-hydrogen) atoms. The minimum atomic E-state index is -0.425. The quantitative estimate of drug-likeness (QED) is 0.798. The summed E-state index contributed by atoms with van der Waals surface area (Å²) in [4.78, 5) is 13.7. The van der Waals surface area contributed by atoms with E-state index in [4.69, 9.17) is 10.00 Å². The fourth-order valence-electron chi connectivity index (χ4n) is 1.93. The molecule has 1 atom stereocenters. The molecule has 0 aromatic heterocycles. The number of nitrogens with zero attached hydrogens (tertiary/aromatic N) is 2. The maximum absolute atomic E-state index is 11.9. The molecule has 0 N–H and O–H groups in total. The first kappa shape index (κ1) is 16.2. The molecule has 5 heteroatoms. The highest BCUT2D eigenvalue weighted by Crippen LogP contribution is 2.24. The summed E-state index contributed by atoms with van der Waals surface area (Å²) in [6, 6.07) is 2.24. The van der Waals surface area contributed by atoms with Crippen molar-refractivity contribution < 1.29 is 9.53 Å². The monoisotopic (exact) mass is 284 g/mol. The second kappa shape index (κ2) is 7.04. The Bertz CT molecular complexity index is 338. The lowest BCUT2D eigenvalue weighted by molar-refractivity contribution is 0.0191. The van der Waals surface area contributed by atoms with Gasteiger partial charge in [-0.3, -0.25) is 0 Å². The van der Waals surface area contributed by atoms with Gasteiger partial charge in [-0.05, 0) is 52.2 Å². The summed E-state index contributed by atoms with van der Waals surface area (Å²) in [5.74, 6) is 1.62. The smallest absolute Gasteiger partial charge is 0.410 e. The lowest BCUT2D eigenvalue weighted by atomic mass is 9.99. The number of hydrogen-bond acceptors (Lipinski definition) is 4. The molecule has 0 bridgehead atoms. The molecule has 1 rings (SSSR count). The first-order chi connectivity index (χ1) is 8.81. The largest absolute Gasteiger partial charge is 0.444 e. The number of rotatable bonds is 3. The van der Waals surface area contributed by atoms with Crippen molar-refractivity contribution in [2.75, 3.05) is 18.8 Å². The number of piperidine rings is 1. The van der Waals surface area contributed by atoms with Gasteiger partial charge < -0.3 is 9.64 Å². The second-order valence-electron chi connectivity index (χ2n) is 6.02. The van der Waals surface area contributed by atoms with Crippen LogP contribution in [-0.2, 0) is 4.74 Å². The van der Waals surface area contributed by atoms with Gasteiger partial charge in [-0.1, -0.05) is 0 Å². The summed E-state index contributed by atoms with van der Waals surface area (Å²) >= 11 is 1.71. The minimum absolute atomic E-state index is 0.0592. The molecular formula is C14H24N2O2S. The number of hydrogen-bond donors (Lipinski definition) is 0. The molecule has 1 fully saturated rings. The molecule has 0 aliphatic carbocycles. The second-order valence-corrected chi connectivity index (χ2v) is 7.39. The zero-order valence-electron chi connectivity index (χ0n) is 12.3. The van der Waals surface area contributed by atoms with Gasteiger partial charge in [-0.25, -0.2) is 4.79 Å². The van der Waals surface area contributed by atoms with E-state index in [9.17, 15) is 4.79 Å². The molecule has 108 valence electrons. The number of ether oxygens (including phenoxy) is 1. The molecule has 0 spiro atoms. The van der Waals surface area contributed by atoms with Gasteiger partial charge >= 0.3 is 6.09 Å². The zero-order chi connectivity index (χ0) is 14.5. The molecule has 1 unspecified atom stereocenters. The van der Waals surface area contributed by atoms with E-state index in [0.717, 1.165) is 31.7 Å². The van der Waals surface area contributed by atoms with Crippen LogP contribution in [0.5, 0.6) is 0 Å². The number of nitriles is 1. The molecule has 0 saturated carbocycles. The predicted molar refractivity (Wildman–Crippen MR) is 78.1 cm³/mol. The first-order valence-corrected chi connectivity index (χ1v) is 7.86. The van der Waals surface area contributed by atoms with Gasteiger partial charge in [0.2, 0.25) is 0 Å². The van der Waals surface area contributed by atoms with Crippen molar-refractivity contribution >= 4 is 17.9 Å². The van der Waals surface area contributed by atoms with Crippen LogP contribution in [0.4, 0.5) is 4.79 Å². The van der Waals surface area contributed by atoms with E-state index < -0.39 is 5.60 Å². The molecule has 1 aliphatic heterocycles. The molecule has 1 amide bonds. The van der Waals surface area contributed by atoms with Crippen molar-refractivity contribution in [1.29, 1.82) is 5.26 Å². The van der Waals surface area contributed by atoms with Gasteiger partial charge in [0.05, 0.1) is 11.3 Å². The number of amides is 1. The molecule has 1 saturated heterocycles. The number of thioether (sulfide) groups is 1. The summed E-state index contributed by atoms with van der Waals surface area (Å²) in [6.45, 7) is 9.12. The van der Waals surface area contributed by atoms with Crippen LogP contribution in [0.3, 0.4) is 0 Å². The molecule has 0 aromatic rings. The Labute approximate surface area is 120 Å². The molecule has 4 nitrogen and oxygen atoms in total. The van der Waals surface area contributed by atoms with Crippen LogP contribution >= 0.6 is 11.8 Å². The van der Waals surface area contributed by atoms with E-state index in [1.807, 2.05) is 27.7 Å². The standard InChI is InChI=1S/C14H24N2O2S/c1-11(9-15)19-10-12-5-7-16(8-6-12)13(17)18-14(2,3)4/h11-12H,5-8,10H2,1-4H3. The van der Waals surface area contributed by atoms with Gasteiger partial charge in [0.25, 0.3) is 0 Å². The third-order valence-corrected chi connectivity index (χ3v) is 4.30. The third kappa shape index (κ3) is 6.20. The van der Waals surface area contributed by atoms with E-state index in [-0.39, 0.29) is 11.3 Å². The number of carbonyl (C=O) groups is 1. The number of likely N-dealkylation sites (tertiary alicyclic amines) is 1. The molecule has 1 heterocycles. The average Bonchev–Trinajstić information content (AvgIpc) is 2.34. The summed E-state index contributed by atoms with van der Waals surface area (Å²) in [5, 5.41) is 8.81. The summed E-state index contributed by atoms with van der Waals surface area (Å²) in [7, 11) is 0. The molecule has 0 aromatic carbocycles. The summed E-state index contributed by atoms with van der Waals surface area (Å²) in [5.41, 5.74) is -0.425. The highest BCUT2D eigenvalue weighted by molar-refractivity contribution is 8.00. The fourth-order valence-corrected chi connectivity index (χ4v) is 2.90. The van der Waals surface area contributed by atoms with E-state index in [0.29, 0.717) is 5.92 Å². The van der Waals surface area contributed by atoms with Crippen molar-refractivity contribution in [2.24, 2.45) is 5.92 Å². The van der Waals surface area contributed by atoms with Crippen molar-refractivity contribution in [1.82, 2.24) is 4.90 Å². The van der Waals surface area contributed by atoms with Crippen LogP contribution in [0.1, 0.15) is 40.5 Å². The maximum Gasteiger partial charge on any atom is 0.410 e. The SMILES string of the molecule is CC(C#N)SCC1CCN(C(=O)OC(C)(C)C)CC1. The highest BCUT2D eigenvalue weighted by atomic mass is 32.2. The van der Waals surface area contributed by atoms with Gasteiger partial charge in [0.1, 0.15) is 5.60 Å². The Morgan fingerprint density at radius 2 is 2.05 bits per heavy atom. The Hall–Kier alpha value is -0.890. The van der Waals surface area contributed by atoms with Gasteiger partial charge in [0, 0.05) is 13.1 Å². The normalized spacial score (nSPS) is 18.8. The Kier molecular flexibility index (Phi) is 5.99. The Morgan fingerprint density at radius 1 is 1.47 bits per heavy atom. The van der Waals surface area contributed by atoms with Gasteiger partial charge in [-0.15, -0.1) is 11.8 Å².